The average Bonchev–Trinajstić information content (AvgIpc) is 2.95. The third-order valence-corrected chi connectivity index (χ3v) is 4.86. The van der Waals surface area contributed by atoms with Gasteiger partial charge in [0.2, 0.25) is 0 Å². The Morgan fingerprint density at radius 3 is 1.98 bits per heavy atom. The summed E-state index contributed by atoms with van der Waals surface area (Å²) < 4.78 is 9.94. The second kappa shape index (κ2) is 35.3. The van der Waals surface area contributed by atoms with Crippen LogP contribution in [-0.4, -0.2) is 29.9 Å². The van der Waals surface area contributed by atoms with Crippen molar-refractivity contribution in [1.29, 1.82) is 5.26 Å². The van der Waals surface area contributed by atoms with E-state index < -0.39 is 0 Å². The second-order valence-corrected chi connectivity index (χ2v) is 9.77. The van der Waals surface area contributed by atoms with Crippen LogP contribution in [0.15, 0.2) is 23.7 Å². The zero-order valence-corrected chi connectivity index (χ0v) is 29.7. The van der Waals surface area contributed by atoms with Crippen molar-refractivity contribution in [3.63, 3.8) is 0 Å². The first-order valence-electron chi connectivity index (χ1n) is 15.7. The second-order valence-electron chi connectivity index (χ2n) is 9.77. The van der Waals surface area contributed by atoms with Crippen LogP contribution in [0.1, 0.15) is 153 Å². The van der Waals surface area contributed by atoms with Crippen molar-refractivity contribution in [1.82, 2.24) is 4.98 Å². The van der Waals surface area contributed by atoms with Crippen molar-refractivity contribution >= 4 is 17.9 Å². The fourth-order valence-electron chi connectivity index (χ4n) is 2.63. The maximum atomic E-state index is 10.2. The van der Waals surface area contributed by atoms with Gasteiger partial charge in [0.25, 0.3) is 0 Å². The van der Waals surface area contributed by atoms with Crippen LogP contribution in [0.25, 0.3) is 0 Å². The largest absolute Gasteiger partial charge is 0.495 e. The number of rotatable bonds is 10. The molecule has 0 aliphatic heterocycles. The van der Waals surface area contributed by atoms with Gasteiger partial charge in [0, 0.05) is 19.2 Å². The third kappa shape index (κ3) is 37.3. The first kappa shape index (κ1) is 48.1. The molecule has 6 nitrogen and oxygen atoms in total. The number of allylic oxidation sites excluding steroid dienone is 1. The summed E-state index contributed by atoms with van der Waals surface area (Å²) in [7, 11) is 1.58. The highest BCUT2D eigenvalue weighted by molar-refractivity contribution is 5.67. The van der Waals surface area contributed by atoms with Crippen molar-refractivity contribution in [2.45, 2.75) is 154 Å². The van der Waals surface area contributed by atoms with Crippen LogP contribution in [0.4, 0.5) is 5.69 Å². The summed E-state index contributed by atoms with van der Waals surface area (Å²) in [5, 5.41) is 8.94. The molecule has 1 atom stereocenters. The number of pyridine rings is 1. The minimum absolute atomic E-state index is 0.225. The van der Waals surface area contributed by atoms with Crippen molar-refractivity contribution in [2.24, 2.45) is 10.9 Å². The number of ether oxygens (including phenoxy) is 2. The number of aromatic nitrogens is 1. The summed E-state index contributed by atoms with van der Waals surface area (Å²) in [6.45, 7) is 31.2. The van der Waals surface area contributed by atoms with Crippen molar-refractivity contribution in [3.05, 3.63) is 30.1 Å². The molecule has 41 heavy (non-hydrogen) atoms. The fraction of sp³-hybridized carbons (Fsp3) is 0.714. The van der Waals surface area contributed by atoms with Crippen LogP contribution in [0.5, 0.6) is 5.75 Å². The van der Waals surface area contributed by atoms with Crippen LogP contribution in [0.2, 0.25) is 0 Å². The molecule has 0 bridgehead atoms. The van der Waals surface area contributed by atoms with Gasteiger partial charge in [0.05, 0.1) is 12.8 Å². The van der Waals surface area contributed by atoms with E-state index in [1.54, 1.807) is 26.3 Å². The van der Waals surface area contributed by atoms with Gasteiger partial charge in [-0.3, -0.25) is 9.79 Å². The van der Waals surface area contributed by atoms with E-state index in [9.17, 15) is 4.79 Å². The van der Waals surface area contributed by atoms with E-state index in [-0.39, 0.29) is 11.6 Å². The van der Waals surface area contributed by atoms with E-state index in [0.717, 1.165) is 25.2 Å². The number of unbranched alkanes of at least 4 members (excludes halogenated alkanes) is 3. The molecule has 0 radical (unpaired) electrons. The minimum atomic E-state index is -0.328. The van der Waals surface area contributed by atoms with Crippen LogP contribution < -0.4 is 4.74 Å². The summed E-state index contributed by atoms with van der Waals surface area (Å²) in [5.74, 6) is 1.39. The molecule has 1 unspecified atom stereocenters. The Labute approximate surface area is 256 Å². The summed E-state index contributed by atoms with van der Waals surface area (Å²) in [5.41, 5.74) is 1.28. The lowest BCUT2D eigenvalue weighted by Crippen LogP contribution is -2.21. The number of nitrogens with zero attached hydrogens (tertiary/aromatic N) is 3. The molecular formula is C35H67N3O3. The average molecular weight is 578 g/mol. The smallest absolute Gasteiger partial charge is 0.303 e. The monoisotopic (exact) mass is 578 g/mol. The number of aryl methyl sites for hydroxylation is 1. The molecule has 0 aromatic carbocycles. The Hall–Kier alpha value is -2.68. The molecule has 1 rings (SSSR count). The Bertz CT molecular complexity index is 791. The molecule has 1 aromatic heterocycles. The predicted octanol–water partition coefficient (Wildman–Crippen LogP) is 11.4. The van der Waals surface area contributed by atoms with Gasteiger partial charge in [-0.05, 0) is 46.5 Å². The maximum absolute atomic E-state index is 10.2. The standard InChI is InChI=1S/C12H15N3O.C9H20.C6H12O2.C4H8.2C2H6/c1-4-5-6-14-10-7-12(16-3)9(2)15-11(10)8-13;1-4-6-7-8-9(3)5-2;1-5(7)8-6(2,3)4;1-3-4-2;2*1-2/h6-7H,4-5H2,1-3H3;9H,4-8H2,1-3H3;1-4H3;3H,1,4H2,2H3;2*1-2H3. The Morgan fingerprint density at radius 2 is 1.66 bits per heavy atom. The van der Waals surface area contributed by atoms with E-state index >= 15 is 0 Å². The van der Waals surface area contributed by atoms with E-state index in [1.807, 2.05) is 60.6 Å². The lowest BCUT2D eigenvalue weighted by atomic mass is 10.0. The summed E-state index contributed by atoms with van der Waals surface area (Å²) in [6.07, 6.45) is 13.7. The molecule has 0 saturated heterocycles. The minimum Gasteiger partial charge on any atom is -0.495 e. The highest BCUT2D eigenvalue weighted by atomic mass is 16.6. The van der Waals surface area contributed by atoms with Gasteiger partial charge < -0.3 is 9.47 Å². The maximum Gasteiger partial charge on any atom is 0.303 e. The Morgan fingerprint density at radius 1 is 1.12 bits per heavy atom. The number of methoxy groups -OCH3 is 1. The molecule has 6 heteroatoms. The van der Waals surface area contributed by atoms with E-state index in [4.69, 9.17) is 14.7 Å². The molecule has 0 aliphatic rings. The molecule has 1 heterocycles. The number of carbonyl (C=O) groups is 1. The summed E-state index contributed by atoms with van der Waals surface area (Å²) in [4.78, 5) is 18.6. The van der Waals surface area contributed by atoms with Gasteiger partial charge in [0.15, 0.2) is 5.69 Å². The molecule has 0 amide bonds. The zero-order valence-electron chi connectivity index (χ0n) is 29.7. The van der Waals surface area contributed by atoms with E-state index in [0.29, 0.717) is 22.8 Å². The third-order valence-electron chi connectivity index (χ3n) is 4.86. The van der Waals surface area contributed by atoms with Gasteiger partial charge in [0.1, 0.15) is 23.1 Å². The Kier molecular flexibility index (Phi) is 41.4. The van der Waals surface area contributed by atoms with Crippen molar-refractivity contribution in [3.8, 4) is 11.8 Å². The molecule has 0 N–H and O–H groups in total. The highest BCUT2D eigenvalue weighted by Crippen LogP contribution is 2.25. The van der Waals surface area contributed by atoms with Gasteiger partial charge in [-0.1, -0.05) is 107 Å². The van der Waals surface area contributed by atoms with Gasteiger partial charge in [-0.2, -0.15) is 5.26 Å². The van der Waals surface area contributed by atoms with Gasteiger partial charge >= 0.3 is 5.97 Å². The lowest BCUT2D eigenvalue weighted by Gasteiger charge is -2.17. The number of esters is 1. The predicted molar refractivity (Wildman–Crippen MR) is 182 cm³/mol. The molecule has 0 fully saturated rings. The van der Waals surface area contributed by atoms with Crippen molar-refractivity contribution in [2.75, 3.05) is 7.11 Å². The van der Waals surface area contributed by atoms with Gasteiger partial charge in [-0.15, -0.1) is 6.58 Å². The van der Waals surface area contributed by atoms with Gasteiger partial charge in [-0.25, -0.2) is 4.98 Å². The van der Waals surface area contributed by atoms with E-state index in [2.05, 4.69) is 51.2 Å². The molecule has 0 saturated carbocycles. The van der Waals surface area contributed by atoms with Crippen LogP contribution in [0.3, 0.4) is 0 Å². The Balaban J connectivity index is -0.000000148. The number of carbonyl (C=O) groups excluding carboxylic acids is 1. The molecule has 0 spiro atoms. The number of hydrogen-bond acceptors (Lipinski definition) is 6. The number of hydrogen-bond donors (Lipinski definition) is 0. The molecular weight excluding hydrogens is 510 g/mol. The fourth-order valence-corrected chi connectivity index (χ4v) is 2.63. The first-order chi connectivity index (χ1) is 19.4. The normalized spacial score (nSPS) is 10.1. The molecule has 0 aliphatic carbocycles. The molecule has 240 valence electrons. The molecule has 1 aromatic rings. The highest BCUT2D eigenvalue weighted by Gasteiger charge is 2.11. The van der Waals surface area contributed by atoms with Crippen LogP contribution in [-0.2, 0) is 9.53 Å². The summed E-state index contributed by atoms with van der Waals surface area (Å²) in [6, 6.07) is 3.78. The topological polar surface area (TPSA) is 84.6 Å². The number of nitriles is 1. The summed E-state index contributed by atoms with van der Waals surface area (Å²) >= 11 is 0. The quantitative estimate of drug-likeness (QED) is 0.119. The zero-order chi connectivity index (χ0) is 33.3. The van der Waals surface area contributed by atoms with Crippen molar-refractivity contribution < 1.29 is 14.3 Å². The van der Waals surface area contributed by atoms with E-state index in [1.165, 1.54) is 39.0 Å². The number of aliphatic imine (C=N–C) groups is 1. The van der Waals surface area contributed by atoms with Crippen LogP contribution >= 0.6 is 0 Å². The van der Waals surface area contributed by atoms with Crippen LogP contribution in [0, 0.1) is 24.2 Å². The lowest BCUT2D eigenvalue weighted by molar-refractivity contribution is -0.151. The SMILES string of the molecule is C=CCC.CC.CC.CC(=O)OC(C)(C)C.CCCC=Nc1cc(OC)c(C)nc1C#N.CCCCCC(C)CC. The first-order valence-corrected chi connectivity index (χ1v) is 15.7.